The second kappa shape index (κ2) is 8.13. The van der Waals surface area contributed by atoms with Gasteiger partial charge in [-0.2, -0.15) is 0 Å². The van der Waals surface area contributed by atoms with Gasteiger partial charge in [-0.05, 0) is 38.0 Å². The van der Waals surface area contributed by atoms with Gasteiger partial charge in [0.1, 0.15) is 0 Å². The highest BCUT2D eigenvalue weighted by atomic mass is 16.5. The number of aryl methyl sites for hydroxylation is 1. The van der Waals surface area contributed by atoms with E-state index in [0.29, 0.717) is 12.2 Å². The largest absolute Gasteiger partial charge is 0.465 e. The Labute approximate surface area is 137 Å². The number of rotatable bonds is 4. The SMILES string of the molecule is CCOC(=NC(C)c1ccccc1)NC(=O)c1ccccc1C. The summed E-state index contributed by atoms with van der Waals surface area (Å²) < 4.78 is 5.48. The Balaban J connectivity index is 2.17. The van der Waals surface area contributed by atoms with Crippen LogP contribution in [0, 0.1) is 6.92 Å². The summed E-state index contributed by atoms with van der Waals surface area (Å²) in [6.07, 6.45) is 0. The van der Waals surface area contributed by atoms with Gasteiger partial charge in [0.05, 0.1) is 12.6 Å². The lowest BCUT2D eigenvalue weighted by Gasteiger charge is -2.13. The third-order valence-corrected chi connectivity index (χ3v) is 3.48. The highest BCUT2D eigenvalue weighted by Crippen LogP contribution is 2.16. The lowest BCUT2D eigenvalue weighted by Crippen LogP contribution is -2.33. The van der Waals surface area contributed by atoms with Gasteiger partial charge in [-0.25, -0.2) is 4.99 Å². The first-order valence-corrected chi connectivity index (χ1v) is 7.74. The van der Waals surface area contributed by atoms with Crippen LogP contribution in [-0.4, -0.2) is 18.5 Å². The molecule has 0 spiro atoms. The van der Waals surface area contributed by atoms with Crippen LogP contribution in [0.25, 0.3) is 0 Å². The van der Waals surface area contributed by atoms with Gasteiger partial charge in [0.25, 0.3) is 11.9 Å². The maximum absolute atomic E-state index is 12.4. The number of amides is 1. The van der Waals surface area contributed by atoms with Crippen LogP contribution >= 0.6 is 0 Å². The van der Waals surface area contributed by atoms with Crippen molar-refractivity contribution in [1.82, 2.24) is 5.32 Å². The second-order valence-electron chi connectivity index (χ2n) is 5.22. The molecule has 0 radical (unpaired) electrons. The van der Waals surface area contributed by atoms with Crippen LogP contribution in [-0.2, 0) is 4.74 Å². The number of aliphatic imine (C=N–C) groups is 1. The smallest absolute Gasteiger partial charge is 0.292 e. The van der Waals surface area contributed by atoms with Crippen molar-refractivity contribution in [3.63, 3.8) is 0 Å². The second-order valence-corrected chi connectivity index (χ2v) is 5.22. The van der Waals surface area contributed by atoms with Crippen molar-refractivity contribution in [2.75, 3.05) is 6.61 Å². The molecule has 0 aliphatic carbocycles. The fraction of sp³-hybridized carbons (Fsp3) is 0.263. The molecule has 2 aromatic rings. The van der Waals surface area contributed by atoms with Gasteiger partial charge in [-0.15, -0.1) is 0 Å². The Kier molecular flexibility index (Phi) is 5.92. The van der Waals surface area contributed by atoms with Crippen LogP contribution in [0.3, 0.4) is 0 Å². The molecule has 0 aliphatic heterocycles. The fourth-order valence-corrected chi connectivity index (χ4v) is 2.22. The highest BCUT2D eigenvalue weighted by Gasteiger charge is 2.13. The van der Waals surface area contributed by atoms with Crippen LogP contribution in [0.2, 0.25) is 0 Å². The Hall–Kier alpha value is -2.62. The minimum atomic E-state index is -0.212. The van der Waals surface area contributed by atoms with Gasteiger partial charge in [-0.1, -0.05) is 48.5 Å². The molecule has 120 valence electrons. The van der Waals surface area contributed by atoms with E-state index >= 15 is 0 Å². The first-order chi connectivity index (χ1) is 11.1. The zero-order valence-corrected chi connectivity index (χ0v) is 13.7. The molecule has 4 nitrogen and oxygen atoms in total. The molecule has 4 heteroatoms. The number of nitrogens with zero attached hydrogens (tertiary/aromatic N) is 1. The maximum Gasteiger partial charge on any atom is 0.292 e. The molecule has 2 rings (SSSR count). The number of carbonyl (C=O) groups excluding carboxylic acids is 1. The van der Waals surface area contributed by atoms with E-state index in [-0.39, 0.29) is 18.0 Å². The van der Waals surface area contributed by atoms with Gasteiger partial charge >= 0.3 is 0 Å². The predicted octanol–water partition coefficient (Wildman–Crippen LogP) is 3.88. The van der Waals surface area contributed by atoms with E-state index < -0.39 is 0 Å². The first kappa shape index (κ1) is 16.7. The molecule has 2 aromatic carbocycles. The van der Waals surface area contributed by atoms with Crippen molar-refractivity contribution in [3.05, 3.63) is 71.3 Å². The number of hydrogen-bond acceptors (Lipinski definition) is 3. The van der Waals surface area contributed by atoms with E-state index in [1.54, 1.807) is 6.07 Å². The average Bonchev–Trinajstić information content (AvgIpc) is 2.56. The van der Waals surface area contributed by atoms with E-state index in [4.69, 9.17) is 4.74 Å². The molecule has 0 saturated carbocycles. The molecule has 0 heterocycles. The van der Waals surface area contributed by atoms with Gasteiger partial charge in [-0.3, -0.25) is 10.1 Å². The zero-order chi connectivity index (χ0) is 16.7. The number of benzene rings is 2. The van der Waals surface area contributed by atoms with Crippen molar-refractivity contribution >= 4 is 11.9 Å². The Morgan fingerprint density at radius 1 is 1.13 bits per heavy atom. The lowest BCUT2D eigenvalue weighted by molar-refractivity contribution is 0.0965. The third kappa shape index (κ3) is 4.68. The normalized spacial score (nSPS) is 12.6. The molecular formula is C19H22N2O2. The van der Waals surface area contributed by atoms with Crippen LogP contribution in [0.4, 0.5) is 0 Å². The highest BCUT2D eigenvalue weighted by molar-refractivity contribution is 6.04. The standard InChI is InChI=1S/C19H22N2O2/c1-4-23-19(20-15(3)16-11-6-5-7-12-16)21-18(22)17-13-9-8-10-14(17)2/h5-13,15H,4H2,1-3H3,(H,20,21,22). The predicted molar refractivity (Wildman–Crippen MR) is 92.6 cm³/mol. The molecule has 1 atom stereocenters. The summed E-state index contributed by atoms with van der Waals surface area (Å²) in [7, 11) is 0. The third-order valence-electron chi connectivity index (χ3n) is 3.48. The number of nitrogens with one attached hydrogen (secondary N) is 1. The summed E-state index contributed by atoms with van der Waals surface area (Å²) >= 11 is 0. The van der Waals surface area contributed by atoms with E-state index in [0.717, 1.165) is 11.1 Å². The fourth-order valence-electron chi connectivity index (χ4n) is 2.22. The molecule has 23 heavy (non-hydrogen) atoms. The topological polar surface area (TPSA) is 50.7 Å². The van der Waals surface area contributed by atoms with Crippen molar-refractivity contribution in [1.29, 1.82) is 0 Å². The Morgan fingerprint density at radius 3 is 2.43 bits per heavy atom. The van der Waals surface area contributed by atoms with Gasteiger partial charge in [0, 0.05) is 5.56 Å². The van der Waals surface area contributed by atoms with E-state index in [1.807, 2.05) is 69.3 Å². The zero-order valence-electron chi connectivity index (χ0n) is 13.7. The summed E-state index contributed by atoms with van der Waals surface area (Å²) in [5.74, 6) is -0.212. The van der Waals surface area contributed by atoms with Crippen LogP contribution in [0.15, 0.2) is 59.6 Å². The summed E-state index contributed by atoms with van der Waals surface area (Å²) in [5.41, 5.74) is 2.60. The minimum absolute atomic E-state index is 0.102. The monoisotopic (exact) mass is 310 g/mol. The Morgan fingerprint density at radius 2 is 1.78 bits per heavy atom. The van der Waals surface area contributed by atoms with E-state index in [1.165, 1.54) is 0 Å². The summed E-state index contributed by atoms with van der Waals surface area (Å²) in [5, 5.41) is 2.76. The van der Waals surface area contributed by atoms with Gasteiger partial charge in [0.15, 0.2) is 0 Å². The quantitative estimate of drug-likeness (QED) is 0.688. The number of carbonyl (C=O) groups is 1. The number of amidine groups is 1. The Bertz CT molecular complexity index is 681. The molecule has 0 saturated heterocycles. The summed E-state index contributed by atoms with van der Waals surface area (Å²) in [4.78, 5) is 16.9. The van der Waals surface area contributed by atoms with Crippen molar-refractivity contribution in [3.8, 4) is 0 Å². The van der Waals surface area contributed by atoms with Crippen molar-refractivity contribution in [2.24, 2.45) is 4.99 Å². The van der Waals surface area contributed by atoms with Crippen molar-refractivity contribution < 1.29 is 9.53 Å². The number of ether oxygens (including phenoxy) is 1. The van der Waals surface area contributed by atoms with Gasteiger partial charge in [0.2, 0.25) is 0 Å². The molecule has 0 bridgehead atoms. The lowest BCUT2D eigenvalue weighted by atomic mass is 10.1. The molecule has 1 unspecified atom stereocenters. The van der Waals surface area contributed by atoms with Crippen LogP contribution in [0.5, 0.6) is 0 Å². The van der Waals surface area contributed by atoms with E-state index in [2.05, 4.69) is 10.3 Å². The molecular weight excluding hydrogens is 288 g/mol. The van der Waals surface area contributed by atoms with Gasteiger partial charge < -0.3 is 4.74 Å². The van der Waals surface area contributed by atoms with E-state index in [9.17, 15) is 4.79 Å². The summed E-state index contributed by atoms with van der Waals surface area (Å²) in [6, 6.07) is 17.5. The molecule has 0 aliphatic rings. The minimum Gasteiger partial charge on any atom is -0.465 e. The van der Waals surface area contributed by atoms with Crippen LogP contribution in [0.1, 0.15) is 41.4 Å². The summed E-state index contributed by atoms with van der Waals surface area (Å²) in [6.45, 7) is 6.17. The maximum atomic E-state index is 12.4. The average molecular weight is 310 g/mol. The first-order valence-electron chi connectivity index (χ1n) is 7.74. The molecule has 1 amide bonds. The molecule has 1 N–H and O–H groups in total. The van der Waals surface area contributed by atoms with Crippen LogP contribution < -0.4 is 5.32 Å². The molecule has 0 fully saturated rings. The molecule has 0 aromatic heterocycles. The van der Waals surface area contributed by atoms with Crippen molar-refractivity contribution in [2.45, 2.75) is 26.8 Å². The number of hydrogen-bond donors (Lipinski definition) is 1.